The summed E-state index contributed by atoms with van der Waals surface area (Å²) in [7, 11) is 0. The van der Waals surface area contributed by atoms with Gasteiger partial charge in [-0.15, -0.1) is 12.3 Å². The van der Waals surface area contributed by atoms with Gasteiger partial charge in [0.2, 0.25) is 0 Å². The number of terminal acetylenes is 1. The van der Waals surface area contributed by atoms with E-state index >= 15 is 0 Å². The molecule has 0 radical (unpaired) electrons. The number of benzene rings is 1. The molecule has 0 saturated heterocycles. The van der Waals surface area contributed by atoms with Crippen LogP contribution < -0.4 is 4.74 Å². The highest BCUT2D eigenvalue weighted by atomic mass is 19.3. The van der Waals surface area contributed by atoms with Crippen molar-refractivity contribution in [1.82, 2.24) is 0 Å². The number of aliphatic hydroxyl groups is 1. The average Bonchev–Trinajstić information content (AvgIpc) is 2.18. The molecular formula is C11H10F2O2. The zero-order valence-electron chi connectivity index (χ0n) is 7.86. The van der Waals surface area contributed by atoms with Crippen molar-refractivity contribution in [2.45, 2.75) is 19.1 Å². The fourth-order valence-corrected chi connectivity index (χ4v) is 1.10. The second-order valence-electron chi connectivity index (χ2n) is 2.87. The molecule has 0 amide bonds. The van der Waals surface area contributed by atoms with E-state index in [1.165, 1.54) is 24.3 Å². The Bertz CT molecular complexity index is 341. The summed E-state index contributed by atoms with van der Waals surface area (Å²) in [6.45, 7) is -2.84. The van der Waals surface area contributed by atoms with Crippen molar-refractivity contribution < 1.29 is 18.6 Å². The highest BCUT2D eigenvalue weighted by Crippen LogP contribution is 2.20. The molecule has 1 atom stereocenters. The van der Waals surface area contributed by atoms with E-state index < -0.39 is 12.7 Å². The van der Waals surface area contributed by atoms with Crippen LogP contribution in [0.5, 0.6) is 5.75 Å². The first-order valence-corrected chi connectivity index (χ1v) is 4.29. The Balaban J connectivity index is 2.68. The Morgan fingerprint density at radius 2 is 1.93 bits per heavy atom. The van der Waals surface area contributed by atoms with E-state index in [4.69, 9.17) is 6.42 Å². The van der Waals surface area contributed by atoms with Crippen LogP contribution in [0.2, 0.25) is 0 Å². The van der Waals surface area contributed by atoms with Crippen molar-refractivity contribution in [2.24, 2.45) is 0 Å². The zero-order valence-corrected chi connectivity index (χ0v) is 7.86. The Morgan fingerprint density at radius 3 is 2.40 bits per heavy atom. The summed E-state index contributed by atoms with van der Waals surface area (Å²) in [4.78, 5) is 0. The van der Waals surface area contributed by atoms with Gasteiger partial charge in [0, 0.05) is 6.42 Å². The monoisotopic (exact) mass is 212 g/mol. The number of halogens is 2. The minimum Gasteiger partial charge on any atom is -0.435 e. The van der Waals surface area contributed by atoms with Crippen molar-refractivity contribution in [3.63, 3.8) is 0 Å². The van der Waals surface area contributed by atoms with E-state index in [9.17, 15) is 13.9 Å². The van der Waals surface area contributed by atoms with Crippen LogP contribution >= 0.6 is 0 Å². The number of hydrogen-bond acceptors (Lipinski definition) is 2. The molecule has 0 aliphatic rings. The number of hydrogen-bond donors (Lipinski definition) is 1. The van der Waals surface area contributed by atoms with Crippen LogP contribution in [0.15, 0.2) is 24.3 Å². The smallest absolute Gasteiger partial charge is 0.387 e. The Kier molecular flexibility index (Phi) is 4.07. The molecule has 1 unspecified atom stereocenters. The molecule has 2 nitrogen and oxygen atoms in total. The minimum atomic E-state index is -2.84. The lowest BCUT2D eigenvalue weighted by Gasteiger charge is -2.09. The number of alkyl halides is 2. The first-order valence-electron chi connectivity index (χ1n) is 4.29. The maximum atomic E-state index is 11.8. The summed E-state index contributed by atoms with van der Waals surface area (Å²) in [6, 6.07) is 5.72. The average molecular weight is 212 g/mol. The van der Waals surface area contributed by atoms with Crippen molar-refractivity contribution in [3.05, 3.63) is 29.8 Å². The Morgan fingerprint density at radius 1 is 1.33 bits per heavy atom. The van der Waals surface area contributed by atoms with Crippen LogP contribution in [0.4, 0.5) is 8.78 Å². The molecule has 0 aromatic heterocycles. The van der Waals surface area contributed by atoms with Crippen LogP contribution in [0.1, 0.15) is 18.1 Å². The van der Waals surface area contributed by atoms with E-state index in [-0.39, 0.29) is 12.2 Å². The predicted octanol–water partition coefficient (Wildman–Crippen LogP) is 2.34. The lowest BCUT2D eigenvalue weighted by molar-refractivity contribution is -0.0498. The molecule has 0 heterocycles. The van der Waals surface area contributed by atoms with Gasteiger partial charge in [-0.1, -0.05) is 12.1 Å². The van der Waals surface area contributed by atoms with Gasteiger partial charge in [0.25, 0.3) is 0 Å². The van der Waals surface area contributed by atoms with Gasteiger partial charge in [-0.3, -0.25) is 0 Å². The minimum absolute atomic E-state index is 0.0571. The van der Waals surface area contributed by atoms with Gasteiger partial charge < -0.3 is 9.84 Å². The third-order valence-corrected chi connectivity index (χ3v) is 1.80. The first-order chi connectivity index (χ1) is 7.13. The van der Waals surface area contributed by atoms with Gasteiger partial charge in [-0.2, -0.15) is 8.78 Å². The van der Waals surface area contributed by atoms with Gasteiger partial charge >= 0.3 is 6.61 Å². The number of rotatable bonds is 4. The summed E-state index contributed by atoms with van der Waals surface area (Å²) in [5, 5.41) is 9.46. The second kappa shape index (κ2) is 5.32. The third-order valence-electron chi connectivity index (χ3n) is 1.80. The molecular weight excluding hydrogens is 202 g/mol. The molecule has 0 saturated carbocycles. The molecule has 1 aromatic carbocycles. The fourth-order valence-electron chi connectivity index (χ4n) is 1.10. The van der Waals surface area contributed by atoms with E-state index in [2.05, 4.69) is 10.7 Å². The highest BCUT2D eigenvalue weighted by molar-refractivity contribution is 5.29. The maximum absolute atomic E-state index is 11.8. The zero-order chi connectivity index (χ0) is 11.3. The maximum Gasteiger partial charge on any atom is 0.387 e. The van der Waals surface area contributed by atoms with E-state index in [1.807, 2.05) is 0 Å². The van der Waals surface area contributed by atoms with Crippen LogP contribution in [0.3, 0.4) is 0 Å². The summed E-state index contributed by atoms with van der Waals surface area (Å²) >= 11 is 0. The lowest BCUT2D eigenvalue weighted by atomic mass is 10.1. The van der Waals surface area contributed by atoms with Crippen molar-refractivity contribution in [2.75, 3.05) is 0 Å². The molecule has 1 rings (SSSR count). The van der Waals surface area contributed by atoms with Crippen molar-refractivity contribution in [3.8, 4) is 18.1 Å². The van der Waals surface area contributed by atoms with Crippen LogP contribution in [0.25, 0.3) is 0 Å². The Labute approximate surface area is 86.5 Å². The SMILES string of the molecule is C#CCC(O)c1ccc(OC(F)F)cc1. The highest BCUT2D eigenvalue weighted by Gasteiger charge is 2.07. The van der Waals surface area contributed by atoms with E-state index in [1.54, 1.807) is 0 Å². The largest absolute Gasteiger partial charge is 0.435 e. The summed E-state index contributed by atoms with van der Waals surface area (Å²) in [5.41, 5.74) is 0.578. The lowest BCUT2D eigenvalue weighted by Crippen LogP contribution is -2.02. The molecule has 1 N–H and O–H groups in total. The molecule has 0 bridgehead atoms. The van der Waals surface area contributed by atoms with Crippen molar-refractivity contribution in [1.29, 1.82) is 0 Å². The molecule has 0 spiro atoms. The first kappa shape index (κ1) is 11.5. The third kappa shape index (κ3) is 3.56. The number of ether oxygens (including phenoxy) is 1. The molecule has 15 heavy (non-hydrogen) atoms. The van der Waals surface area contributed by atoms with Crippen LogP contribution in [0, 0.1) is 12.3 Å². The Hall–Kier alpha value is -1.60. The van der Waals surface area contributed by atoms with Gasteiger partial charge in [0.1, 0.15) is 5.75 Å². The standard InChI is InChI=1S/C11H10F2O2/c1-2-3-10(14)8-4-6-9(7-5-8)15-11(12)13/h1,4-7,10-11,14H,3H2. The summed E-state index contributed by atoms with van der Waals surface area (Å²) in [5.74, 6) is 2.37. The molecule has 0 aliphatic carbocycles. The van der Waals surface area contributed by atoms with Gasteiger partial charge in [-0.25, -0.2) is 0 Å². The van der Waals surface area contributed by atoms with Gasteiger partial charge in [-0.05, 0) is 17.7 Å². The quantitative estimate of drug-likeness (QED) is 0.776. The number of aliphatic hydroxyl groups excluding tert-OH is 1. The second-order valence-corrected chi connectivity index (χ2v) is 2.87. The molecule has 80 valence electrons. The molecule has 4 heteroatoms. The van der Waals surface area contributed by atoms with E-state index in [0.29, 0.717) is 5.56 Å². The van der Waals surface area contributed by atoms with Crippen molar-refractivity contribution >= 4 is 0 Å². The normalized spacial score (nSPS) is 12.2. The van der Waals surface area contributed by atoms with Crippen LogP contribution in [-0.4, -0.2) is 11.7 Å². The summed E-state index contributed by atoms with van der Waals surface area (Å²) in [6.07, 6.45) is 4.45. The predicted molar refractivity (Wildman–Crippen MR) is 51.5 cm³/mol. The fraction of sp³-hybridized carbons (Fsp3) is 0.273. The van der Waals surface area contributed by atoms with Gasteiger partial charge in [0.15, 0.2) is 0 Å². The van der Waals surface area contributed by atoms with E-state index in [0.717, 1.165) is 0 Å². The molecule has 1 aromatic rings. The van der Waals surface area contributed by atoms with Crippen LogP contribution in [-0.2, 0) is 0 Å². The molecule has 0 aliphatic heterocycles. The molecule has 0 fully saturated rings. The van der Waals surface area contributed by atoms with Gasteiger partial charge in [0.05, 0.1) is 6.10 Å². The topological polar surface area (TPSA) is 29.5 Å². The summed E-state index contributed by atoms with van der Waals surface area (Å²) < 4.78 is 27.8.